The summed E-state index contributed by atoms with van der Waals surface area (Å²) < 4.78 is 16.7. The van der Waals surface area contributed by atoms with Gasteiger partial charge in [-0.2, -0.15) is 0 Å². The predicted molar refractivity (Wildman–Crippen MR) is 179 cm³/mol. The zero-order valence-corrected chi connectivity index (χ0v) is 27.3. The van der Waals surface area contributed by atoms with Gasteiger partial charge < -0.3 is 8.83 Å². The summed E-state index contributed by atoms with van der Waals surface area (Å²) in [5, 5.41) is 18.5. The fourth-order valence-electron chi connectivity index (χ4n) is 7.10. The number of hydrogen-bond donors (Lipinski definition) is 0. The van der Waals surface area contributed by atoms with Crippen molar-refractivity contribution in [2.45, 2.75) is 90.0 Å². The summed E-state index contributed by atoms with van der Waals surface area (Å²) in [4.78, 5) is 2.39. The lowest BCUT2D eigenvalue weighted by atomic mass is 9.93. The van der Waals surface area contributed by atoms with Gasteiger partial charge >= 0.3 is 0 Å². The highest BCUT2D eigenvalue weighted by molar-refractivity contribution is 5.60. The maximum atomic E-state index is 6.32. The van der Waals surface area contributed by atoms with Crippen molar-refractivity contribution in [3.8, 4) is 22.6 Å². The van der Waals surface area contributed by atoms with Gasteiger partial charge in [0.1, 0.15) is 23.0 Å². The van der Waals surface area contributed by atoms with Gasteiger partial charge in [-0.3, -0.25) is 4.90 Å². The lowest BCUT2D eigenvalue weighted by Crippen LogP contribution is -2.40. The van der Waals surface area contributed by atoms with Crippen molar-refractivity contribution in [2.24, 2.45) is 0 Å². The van der Waals surface area contributed by atoms with Crippen molar-refractivity contribution in [1.29, 1.82) is 0 Å². The standard InChI is InChI=1S/C38H41N7O2/c1-38(2,3)43(22-28-24-44(41-39-28)32-16-10-18-34-30(32)20-36(46-34)26-12-6-4-7-13-26)23-29-25-45(42-40-29)33-17-11-19-35-31(33)21-37(47-35)27-14-8-5-9-15-27/h4-9,12-15,20-21,24-25,32-33H,10-11,16-19,22-23H2,1-3H3. The van der Waals surface area contributed by atoms with Gasteiger partial charge in [0.2, 0.25) is 0 Å². The quantitative estimate of drug-likeness (QED) is 0.169. The molecule has 2 aromatic carbocycles. The topological polar surface area (TPSA) is 90.9 Å². The van der Waals surface area contributed by atoms with Crippen molar-refractivity contribution < 1.29 is 8.83 Å². The van der Waals surface area contributed by atoms with Crippen molar-refractivity contribution in [2.75, 3.05) is 0 Å². The molecule has 2 atom stereocenters. The lowest BCUT2D eigenvalue weighted by Gasteiger charge is -2.34. The minimum atomic E-state index is -0.117. The van der Waals surface area contributed by atoms with Crippen LogP contribution >= 0.6 is 0 Å². The fraction of sp³-hybridized carbons (Fsp3) is 0.368. The number of aryl methyl sites for hydroxylation is 2. The van der Waals surface area contributed by atoms with E-state index in [0.29, 0.717) is 13.1 Å². The molecule has 9 nitrogen and oxygen atoms in total. The lowest BCUT2D eigenvalue weighted by molar-refractivity contribution is 0.115. The molecular formula is C38H41N7O2. The molecule has 0 saturated carbocycles. The van der Waals surface area contributed by atoms with Crippen molar-refractivity contribution in [3.05, 3.63) is 119 Å². The molecular weight excluding hydrogens is 586 g/mol. The molecule has 2 aliphatic rings. The SMILES string of the molecule is CC(C)(C)N(Cc1cn(C2CCCc3oc(-c4ccccc4)cc32)nn1)Cc1cn(C2CCCc3oc(-c4ccccc4)cc32)nn1. The molecule has 0 amide bonds. The maximum Gasteiger partial charge on any atom is 0.134 e. The van der Waals surface area contributed by atoms with E-state index in [1.165, 1.54) is 11.1 Å². The molecule has 8 rings (SSSR count). The van der Waals surface area contributed by atoms with Crippen LogP contribution in [0.25, 0.3) is 22.6 Å². The van der Waals surface area contributed by atoms with Crippen LogP contribution in [0.2, 0.25) is 0 Å². The first-order valence-electron chi connectivity index (χ1n) is 16.8. The summed E-state index contributed by atoms with van der Waals surface area (Å²) in [6, 6.07) is 25.3. The Hall–Kier alpha value is -4.76. The highest BCUT2D eigenvalue weighted by Gasteiger charge is 2.30. The van der Waals surface area contributed by atoms with Crippen molar-refractivity contribution in [3.63, 3.8) is 0 Å². The molecule has 47 heavy (non-hydrogen) atoms. The molecule has 0 saturated heterocycles. The molecule has 6 aromatic rings. The largest absolute Gasteiger partial charge is 0.461 e. The molecule has 0 N–H and O–H groups in total. The van der Waals surface area contributed by atoms with E-state index in [9.17, 15) is 0 Å². The normalized spacial score (nSPS) is 18.0. The summed E-state index contributed by atoms with van der Waals surface area (Å²) in [6.45, 7) is 8.01. The first kappa shape index (κ1) is 29.6. The number of aromatic nitrogens is 6. The Balaban J connectivity index is 0.991. The third-order valence-corrected chi connectivity index (χ3v) is 9.69. The first-order chi connectivity index (χ1) is 22.9. The summed E-state index contributed by atoms with van der Waals surface area (Å²) in [7, 11) is 0. The molecule has 0 aliphatic heterocycles. The second kappa shape index (κ2) is 12.1. The number of fused-ring (bicyclic) bond motifs is 2. The van der Waals surface area contributed by atoms with Crippen LogP contribution in [0.1, 0.15) is 92.6 Å². The molecule has 0 fully saturated rings. The zero-order chi connectivity index (χ0) is 32.0. The predicted octanol–water partition coefficient (Wildman–Crippen LogP) is 8.04. The molecule has 9 heteroatoms. The minimum absolute atomic E-state index is 0.117. The molecule has 240 valence electrons. The highest BCUT2D eigenvalue weighted by Crippen LogP contribution is 2.39. The zero-order valence-electron chi connectivity index (χ0n) is 27.3. The Morgan fingerprint density at radius 2 is 1.13 bits per heavy atom. The van der Waals surface area contributed by atoms with Crippen LogP contribution in [-0.4, -0.2) is 40.4 Å². The molecule has 0 bridgehead atoms. The van der Waals surface area contributed by atoms with Gasteiger partial charge in [-0.25, -0.2) is 9.36 Å². The van der Waals surface area contributed by atoms with Gasteiger partial charge in [0.15, 0.2) is 0 Å². The maximum absolute atomic E-state index is 6.32. The Labute approximate surface area is 275 Å². The Kier molecular flexibility index (Phi) is 7.64. The van der Waals surface area contributed by atoms with Gasteiger partial charge in [0.05, 0.1) is 35.9 Å². The van der Waals surface area contributed by atoms with Crippen molar-refractivity contribution >= 4 is 0 Å². The van der Waals surface area contributed by atoms with Gasteiger partial charge in [-0.1, -0.05) is 71.1 Å². The van der Waals surface area contributed by atoms with Crippen molar-refractivity contribution in [1.82, 2.24) is 34.9 Å². The van der Waals surface area contributed by atoms with E-state index in [1.54, 1.807) is 0 Å². The second-order valence-electron chi connectivity index (χ2n) is 13.9. The molecule has 4 aromatic heterocycles. The van der Waals surface area contributed by atoms with Crippen LogP contribution in [0, 0.1) is 0 Å². The van der Waals surface area contributed by atoms with Crippen LogP contribution in [0.3, 0.4) is 0 Å². The Morgan fingerprint density at radius 3 is 1.55 bits per heavy atom. The Bertz CT molecular complexity index is 1830. The van der Waals surface area contributed by atoms with Gasteiger partial charge in [-0.05, 0) is 58.6 Å². The van der Waals surface area contributed by atoms with E-state index in [4.69, 9.17) is 8.83 Å². The van der Waals surface area contributed by atoms with E-state index in [2.05, 4.69) is 95.1 Å². The van der Waals surface area contributed by atoms with Crippen LogP contribution in [0.4, 0.5) is 0 Å². The summed E-state index contributed by atoms with van der Waals surface area (Å²) in [5.41, 5.74) is 6.40. The molecule has 2 aliphatic carbocycles. The second-order valence-corrected chi connectivity index (χ2v) is 13.9. The fourth-order valence-corrected chi connectivity index (χ4v) is 7.10. The highest BCUT2D eigenvalue weighted by atomic mass is 16.3. The molecule has 4 heterocycles. The molecule has 0 spiro atoms. The summed E-state index contributed by atoms with van der Waals surface area (Å²) in [6.07, 6.45) is 10.3. The van der Waals surface area contributed by atoms with Crippen LogP contribution in [-0.2, 0) is 25.9 Å². The van der Waals surface area contributed by atoms with E-state index in [1.807, 2.05) is 45.8 Å². The van der Waals surface area contributed by atoms with Gasteiger partial charge in [0, 0.05) is 53.7 Å². The van der Waals surface area contributed by atoms with E-state index < -0.39 is 0 Å². The first-order valence-corrected chi connectivity index (χ1v) is 16.8. The number of hydrogen-bond acceptors (Lipinski definition) is 7. The van der Waals surface area contributed by atoms with E-state index in [-0.39, 0.29) is 17.6 Å². The number of benzene rings is 2. The number of nitrogens with zero attached hydrogens (tertiary/aromatic N) is 7. The van der Waals surface area contributed by atoms with E-state index in [0.717, 1.165) is 84.1 Å². The average Bonchev–Trinajstić information content (AvgIpc) is 3.90. The monoisotopic (exact) mass is 627 g/mol. The molecule has 0 radical (unpaired) electrons. The third kappa shape index (κ3) is 5.96. The minimum Gasteiger partial charge on any atom is -0.461 e. The average molecular weight is 628 g/mol. The molecule has 2 unspecified atom stereocenters. The Morgan fingerprint density at radius 1 is 0.681 bits per heavy atom. The van der Waals surface area contributed by atoms with Crippen LogP contribution < -0.4 is 0 Å². The van der Waals surface area contributed by atoms with Gasteiger partial charge in [-0.15, -0.1) is 10.2 Å². The summed E-state index contributed by atoms with van der Waals surface area (Å²) in [5.74, 6) is 3.97. The summed E-state index contributed by atoms with van der Waals surface area (Å²) >= 11 is 0. The van der Waals surface area contributed by atoms with Crippen LogP contribution in [0.5, 0.6) is 0 Å². The third-order valence-electron chi connectivity index (χ3n) is 9.69. The smallest absolute Gasteiger partial charge is 0.134 e. The van der Waals surface area contributed by atoms with Crippen LogP contribution in [0.15, 0.2) is 94.0 Å². The number of rotatable bonds is 8. The van der Waals surface area contributed by atoms with Gasteiger partial charge in [0.25, 0.3) is 0 Å². The van der Waals surface area contributed by atoms with E-state index >= 15 is 0 Å². The number of furan rings is 2.